The van der Waals surface area contributed by atoms with Crippen LogP contribution < -0.4 is 14.8 Å². The third kappa shape index (κ3) is 3.88. The van der Waals surface area contributed by atoms with Crippen LogP contribution in [0, 0.1) is 0 Å². The Morgan fingerprint density at radius 2 is 2.00 bits per heavy atom. The molecule has 7 heteroatoms. The molecule has 0 atom stereocenters. The van der Waals surface area contributed by atoms with Crippen LogP contribution in [-0.4, -0.2) is 29.9 Å². The van der Waals surface area contributed by atoms with E-state index in [2.05, 4.69) is 10.3 Å². The highest BCUT2D eigenvalue weighted by Crippen LogP contribution is 2.34. The van der Waals surface area contributed by atoms with Crippen molar-refractivity contribution in [3.63, 3.8) is 0 Å². The first-order valence-corrected chi connectivity index (χ1v) is 9.72. The number of nitrogens with one attached hydrogen (secondary N) is 1. The molecule has 0 saturated carbocycles. The third-order valence-corrected chi connectivity index (χ3v) is 5.69. The van der Waals surface area contributed by atoms with Gasteiger partial charge in [-0.3, -0.25) is 4.79 Å². The molecule has 0 saturated heterocycles. The van der Waals surface area contributed by atoms with E-state index in [0.29, 0.717) is 25.5 Å². The quantitative estimate of drug-likeness (QED) is 0.695. The number of fused-ring (bicyclic) bond motifs is 2. The lowest BCUT2D eigenvalue weighted by molar-refractivity contribution is -0.118. The number of hydrogen-bond acceptors (Lipinski definition) is 6. The molecule has 3 aromatic rings. The summed E-state index contributed by atoms with van der Waals surface area (Å²) in [6.45, 7) is 1.59. The average molecular weight is 372 g/mol. The maximum Gasteiger partial charge on any atom is 0.230 e. The molecule has 25 heavy (non-hydrogen) atoms. The molecule has 5 nitrogen and oxygen atoms in total. The van der Waals surface area contributed by atoms with Gasteiger partial charge in [0.05, 0.1) is 22.5 Å². The monoisotopic (exact) mass is 372 g/mol. The van der Waals surface area contributed by atoms with Gasteiger partial charge in [0.25, 0.3) is 0 Å². The molecule has 0 bridgehead atoms. The van der Waals surface area contributed by atoms with Gasteiger partial charge in [0.1, 0.15) is 18.2 Å². The first-order chi connectivity index (χ1) is 12.3. The lowest BCUT2D eigenvalue weighted by Gasteiger charge is -2.18. The van der Waals surface area contributed by atoms with Crippen LogP contribution in [0.3, 0.4) is 0 Å². The summed E-state index contributed by atoms with van der Waals surface area (Å²) in [5, 5.41) is 3.84. The SMILES string of the molecule is O=C(CSc1ccc2c(c1)OCCO2)NCc1nc2ccccc2s1. The number of rotatable bonds is 5. The van der Waals surface area contributed by atoms with E-state index in [-0.39, 0.29) is 5.91 Å². The number of aromatic nitrogens is 1. The molecule has 1 amide bonds. The fraction of sp³-hybridized carbons (Fsp3) is 0.222. The Hall–Kier alpha value is -2.25. The van der Waals surface area contributed by atoms with E-state index in [4.69, 9.17) is 9.47 Å². The smallest absolute Gasteiger partial charge is 0.230 e. The molecule has 2 heterocycles. The van der Waals surface area contributed by atoms with Crippen molar-refractivity contribution in [2.24, 2.45) is 0 Å². The van der Waals surface area contributed by atoms with Crippen LogP contribution in [0.15, 0.2) is 47.4 Å². The molecule has 1 aliphatic heterocycles. The molecule has 128 valence electrons. The van der Waals surface area contributed by atoms with Gasteiger partial charge in [0.2, 0.25) is 5.91 Å². The minimum absolute atomic E-state index is 0.0147. The Morgan fingerprint density at radius 1 is 1.16 bits per heavy atom. The number of hydrogen-bond donors (Lipinski definition) is 1. The highest BCUT2D eigenvalue weighted by Gasteiger charge is 2.13. The Bertz CT molecular complexity index is 877. The lowest BCUT2D eigenvalue weighted by atomic mass is 10.3. The van der Waals surface area contributed by atoms with E-state index in [1.54, 1.807) is 11.3 Å². The van der Waals surface area contributed by atoms with Crippen molar-refractivity contribution in [2.75, 3.05) is 19.0 Å². The summed E-state index contributed by atoms with van der Waals surface area (Å²) in [4.78, 5) is 17.6. The van der Waals surface area contributed by atoms with Gasteiger partial charge >= 0.3 is 0 Å². The summed E-state index contributed by atoms with van der Waals surface area (Å²) in [7, 11) is 0. The van der Waals surface area contributed by atoms with Crippen LogP contribution in [0.1, 0.15) is 5.01 Å². The van der Waals surface area contributed by atoms with Crippen molar-refractivity contribution in [3.05, 3.63) is 47.5 Å². The molecule has 1 N–H and O–H groups in total. The zero-order valence-electron chi connectivity index (χ0n) is 13.4. The van der Waals surface area contributed by atoms with E-state index in [0.717, 1.165) is 31.6 Å². The van der Waals surface area contributed by atoms with Crippen molar-refractivity contribution in [1.82, 2.24) is 10.3 Å². The zero-order chi connectivity index (χ0) is 17.1. The number of benzene rings is 2. The Labute approximate surface area is 153 Å². The van der Waals surface area contributed by atoms with E-state index < -0.39 is 0 Å². The summed E-state index contributed by atoms with van der Waals surface area (Å²) in [6.07, 6.45) is 0. The first kappa shape index (κ1) is 16.2. The predicted octanol–water partition coefficient (Wildman–Crippen LogP) is 3.48. The van der Waals surface area contributed by atoms with Gasteiger partial charge in [-0.15, -0.1) is 23.1 Å². The van der Waals surface area contributed by atoms with Crippen molar-refractivity contribution in [1.29, 1.82) is 0 Å². The minimum Gasteiger partial charge on any atom is -0.486 e. The summed E-state index contributed by atoms with van der Waals surface area (Å²) < 4.78 is 12.2. The standard InChI is InChI=1S/C18H16N2O3S2/c21-17(19-10-18-20-13-3-1-2-4-16(13)25-18)11-24-12-5-6-14-15(9-12)23-8-7-22-14/h1-6,9H,7-8,10-11H2,(H,19,21). The second kappa shape index (κ2) is 7.33. The summed E-state index contributed by atoms with van der Waals surface area (Å²) in [5.41, 5.74) is 0.974. The van der Waals surface area contributed by atoms with Crippen molar-refractivity contribution >= 4 is 39.2 Å². The summed E-state index contributed by atoms with van der Waals surface area (Å²) in [6, 6.07) is 13.7. The molecule has 0 aliphatic carbocycles. The number of para-hydroxylation sites is 1. The molecular formula is C18H16N2O3S2. The van der Waals surface area contributed by atoms with Gasteiger partial charge in [-0.2, -0.15) is 0 Å². The highest BCUT2D eigenvalue weighted by molar-refractivity contribution is 8.00. The average Bonchev–Trinajstić information content (AvgIpc) is 3.07. The van der Waals surface area contributed by atoms with Gasteiger partial charge < -0.3 is 14.8 Å². The first-order valence-electron chi connectivity index (χ1n) is 7.91. The molecule has 0 unspecified atom stereocenters. The molecule has 4 rings (SSSR count). The normalized spacial score (nSPS) is 13.0. The molecule has 1 aromatic heterocycles. The molecule has 0 spiro atoms. The number of carbonyl (C=O) groups excluding carboxylic acids is 1. The van der Waals surface area contributed by atoms with E-state index in [9.17, 15) is 4.79 Å². The maximum atomic E-state index is 12.1. The van der Waals surface area contributed by atoms with Crippen molar-refractivity contribution < 1.29 is 14.3 Å². The fourth-order valence-electron chi connectivity index (χ4n) is 2.48. The second-order valence-electron chi connectivity index (χ2n) is 5.45. The van der Waals surface area contributed by atoms with Gasteiger partial charge in [0, 0.05) is 4.90 Å². The number of amides is 1. The summed E-state index contributed by atoms with van der Waals surface area (Å²) >= 11 is 3.08. The largest absolute Gasteiger partial charge is 0.486 e. The number of ether oxygens (including phenoxy) is 2. The number of thioether (sulfide) groups is 1. The molecular weight excluding hydrogens is 356 g/mol. The lowest BCUT2D eigenvalue weighted by Crippen LogP contribution is -2.24. The van der Waals surface area contributed by atoms with Crippen molar-refractivity contribution in [2.45, 2.75) is 11.4 Å². The Balaban J connectivity index is 1.30. The van der Waals surface area contributed by atoms with Gasteiger partial charge in [0.15, 0.2) is 11.5 Å². The van der Waals surface area contributed by atoms with Crippen molar-refractivity contribution in [3.8, 4) is 11.5 Å². The molecule has 0 fully saturated rings. The van der Waals surface area contributed by atoms with Crippen LogP contribution in [0.25, 0.3) is 10.2 Å². The third-order valence-electron chi connectivity index (χ3n) is 3.66. The highest BCUT2D eigenvalue weighted by atomic mass is 32.2. The number of thiazole rings is 1. The van der Waals surface area contributed by atoms with E-state index in [1.807, 2.05) is 42.5 Å². The van der Waals surface area contributed by atoms with E-state index >= 15 is 0 Å². The van der Waals surface area contributed by atoms with Crippen LogP contribution in [-0.2, 0) is 11.3 Å². The zero-order valence-corrected chi connectivity index (χ0v) is 15.0. The predicted molar refractivity (Wildman–Crippen MR) is 99.6 cm³/mol. The molecule has 0 radical (unpaired) electrons. The van der Waals surface area contributed by atoms with E-state index in [1.165, 1.54) is 11.8 Å². The maximum absolute atomic E-state index is 12.1. The topological polar surface area (TPSA) is 60.5 Å². The van der Waals surface area contributed by atoms with Crippen LogP contribution in [0.5, 0.6) is 11.5 Å². The van der Waals surface area contributed by atoms with Gasteiger partial charge in [-0.25, -0.2) is 4.98 Å². The number of carbonyl (C=O) groups is 1. The van der Waals surface area contributed by atoms with Crippen LogP contribution in [0.2, 0.25) is 0 Å². The Kier molecular flexibility index (Phi) is 4.76. The van der Waals surface area contributed by atoms with Gasteiger partial charge in [-0.05, 0) is 30.3 Å². The minimum atomic E-state index is -0.0147. The fourth-order valence-corrected chi connectivity index (χ4v) is 4.14. The van der Waals surface area contributed by atoms with Gasteiger partial charge in [-0.1, -0.05) is 12.1 Å². The second-order valence-corrected chi connectivity index (χ2v) is 7.61. The van der Waals surface area contributed by atoms with Crippen LogP contribution in [0.4, 0.5) is 0 Å². The van der Waals surface area contributed by atoms with Crippen LogP contribution >= 0.6 is 23.1 Å². The Morgan fingerprint density at radius 3 is 2.88 bits per heavy atom. The molecule has 2 aromatic carbocycles. The summed E-state index contributed by atoms with van der Waals surface area (Å²) in [5.74, 6) is 1.84. The number of nitrogens with zero attached hydrogens (tertiary/aromatic N) is 1. The molecule has 1 aliphatic rings.